The van der Waals surface area contributed by atoms with Crippen LogP contribution in [0.4, 0.5) is 11.4 Å². The summed E-state index contributed by atoms with van der Waals surface area (Å²) in [5, 5.41) is 14.1. The largest absolute Gasteiger partial charge is 0.493 e. The minimum absolute atomic E-state index is 0.330. The Morgan fingerprint density at radius 1 is 1.28 bits per heavy atom. The highest BCUT2D eigenvalue weighted by atomic mass is 79.9. The standard InChI is InChI=1S/C18H18BrN3O3/c1-24-14-8-13-16-12(17(14)25-2)7-15(23)22(18(16)21-9-20-13)11-5-3-4-10(19)6-11/h3-6,8-9,15,18,23H,7H2,1-2H3,(H,20,21). The second kappa shape index (κ2) is 6.24. The van der Waals surface area contributed by atoms with E-state index in [4.69, 9.17) is 9.47 Å². The Labute approximate surface area is 154 Å². The zero-order valence-corrected chi connectivity index (χ0v) is 15.4. The monoisotopic (exact) mass is 403 g/mol. The van der Waals surface area contributed by atoms with E-state index < -0.39 is 6.23 Å². The number of benzene rings is 2. The highest BCUT2D eigenvalue weighted by molar-refractivity contribution is 9.10. The molecular weight excluding hydrogens is 386 g/mol. The zero-order valence-electron chi connectivity index (χ0n) is 13.9. The van der Waals surface area contributed by atoms with Crippen molar-refractivity contribution in [3.8, 4) is 11.5 Å². The topological polar surface area (TPSA) is 66.3 Å². The van der Waals surface area contributed by atoms with Crippen LogP contribution in [-0.4, -0.2) is 31.9 Å². The van der Waals surface area contributed by atoms with Gasteiger partial charge in [-0.15, -0.1) is 0 Å². The summed E-state index contributed by atoms with van der Waals surface area (Å²) >= 11 is 3.50. The van der Waals surface area contributed by atoms with E-state index in [-0.39, 0.29) is 6.17 Å². The van der Waals surface area contributed by atoms with Crippen molar-refractivity contribution in [2.24, 2.45) is 4.99 Å². The Bertz CT molecular complexity index is 856. The Balaban J connectivity index is 1.90. The number of anilines is 2. The van der Waals surface area contributed by atoms with Crippen molar-refractivity contribution in [3.05, 3.63) is 45.9 Å². The molecule has 25 heavy (non-hydrogen) atoms. The minimum atomic E-state index is -0.726. The van der Waals surface area contributed by atoms with Crippen molar-refractivity contribution in [1.82, 2.24) is 0 Å². The van der Waals surface area contributed by atoms with E-state index in [9.17, 15) is 5.11 Å². The van der Waals surface area contributed by atoms with E-state index in [2.05, 4.69) is 26.2 Å². The number of nitrogens with zero attached hydrogens (tertiary/aromatic N) is 2. The number of halogens is 1. The lowest BCUT2D eigenvalue weighted by molar-refractivity contribution is 0.148. The number of methoxy groups -OCH3 is 2. The summed E-state index contributed by atoms with van der Waals surface area (Å²) in [7, 11) is 3.22. The van der Waals surface area contributed by atoms with Gasteiger partial charge in [0, 0.05) is 33.8 Å². The van der Waals surface area contributed by atoms with Crippen LogP contribution in [0.25, 0.3) is 0 Å². The third kappa shape index (κ3) is 2.54. The van der Waals surface area contributed by atoms with E-state index >= 15 is 0 Å². The Hall–Kier alpha value is -2.25. The molecule has 2 unspecified atom stereocenters. The Morgan fingerprint density at radius 2 is 2.12 bits per heavy atom. The van der Waals surface area contributed by atoms with Crippen molar-refractivity contribution in [3.63, 3.8) is 0 Å². The van der Waals surface area contributed by atoms with Gasteiger partial charge in [-0.1, -0.05) is 22.0 Å². The first-order chi connectivity index (χ1) is 12.1. The Kier molecular flexibility index (Phi) is 4.05. The number of aliphatic hydroxyl groups excluding tert-OH is 1. The molecule has 0 spiro atoms. The van der Waals surface area contributed by atoms with Crippen LogP contribution in [0.2, 0.25) is 0 Å². The van der Waals surface area contributed by atoms with Crippen LogP contribution in [-0.2, 0) is 6.42 Å². The molecule has 2 atom stereocenters. The van der Waals surface area contributed by atoms with Gasteiger partial charge < -0.3 is 24.8 Å². The summed E-state index contributed by atoms with van der Waals surface area (Å²) in [6.45, 7) is 0. The lowest BCUT2D eigenvalue weighted by Crippen LogP contribution is -2.44. The van der Waals surface area contributed by atoms with Gasteiger partial charge in [-0.2, -0.15) is 0 Å². The van der Waals surface area contributed by atoms with Gasteiger partial charge in [-0.05, 0) is 18.2 Å². The fourth-order valence-corrected chi connectivity index (χ4v) is 3.94. The molecule has 0 saturated carbocycles. The number of hydrogen-bond acceptors (Lipinski definition) is 6. The molecule has 0 radical (unpaired) electrons. The number of aliphatic imine (C=N–C) groups is 1. The first-order valence-corrected chi connectivity index (χ1v) is 8.71. The molecule has 2 heterocycles. The molecule has 2 aliphatic rings. The molecule has 2 N–H and O–H groups in total. The molecule has 2 aliphatic heterocycles. The smallest absolute Gasteiger partial charge is 0.164 e. The molecule has 0 bridgehead atoms. The predicted octanol–water partition coefficient (Wildman–Crippen LogP) is 3.30. The highest BCUT2D eigenvalue weighted by Crippen LogP contribution is 2.49. The van der Waals surface area contributed by atoms with E-state index in [1.807, 2.05) is 35.2 Å². The fourth-order valence-electron chi connectivity index (χ4n) is 3.56. The van der Waals surface area contributed by atoms with Gasteiger partial charge >= 0.3 is 0 Å². The van der Waals surface area contributed by atoms with Gasteiger partial charge in [-0.25, -0.2) is 4.99 Å². The molecular formula is C18H18BrN3O3. The lowest BCUT2D eigenvalue weighted by Gasteiger charge is -2.43. The third-order valence-corrected chi connectivity index (χ3v) is 5.08. The van der Waals surface area contributed by atoms with Crippen LogP contribution in [0, 0.1) is 0 Å². The molecule has 0 aliphatic carbocycles. The second-order valence-electron chi connectivity index (χ2n) is 5.92. The fraction of sp³-hybridized carbons (Fsp3) is 0.278. The number of aliphatic hydroxyl groups is 1. The number of rotatable bonds is 3. The van der Waals surface area contributed by atoms with Crippen molar-refractivity contribution >= 4 is 33.6 Å². The maximum atomic E-state index is 10.9. The molecule has 0 saturated heterocycles. The average Bonchev–Trinajstić information content (AvgIpc) is 2.61. The summed E-state index contributed by atoms with van der Waals surface area (Å²) in [5.41, 5.74) is 3.74. The maximum absolute atomic E-state index is 10.9. The van der Waals surface area contributed by atoms with Gasteiger partial charge in [0.1, 0.15) is 6.23 Å². The van der Waals surface area contributed by atoms with Crippen LogP contribution in [0.1, 0.15) is 17.3 Å². The quantitative estimate of drug-likeness (QED) is 0.822. The highest BCUT2D eigenvalue weighted by Gasteiger charge is 2.39. The van der Waals surface area contributed by atoms with E-state index in [1.54, 1.807) is 20.6 Å². The second-order valence-corrected chi connectivity index (χ2v) is 6.84. The average molecular weight is 404 g/mol. The van der Waals surface area contributed by atoms with Gasteiger partial charge in [0.15, 0.2) is 17.7 Å². The zero-order chi connectivity index (χ0) is 17.6. The first-order valence-electron chi connectivity index (χ1n) is 7.92. The molecule has 7 heteroatoms. The summed E-state index contributed by atoms with van der Waals surface area (Å²) in [5.74, 6) is 1.29. The molecule has 6 nitrogen and oxygen atoms in total. The van der Waals surface area contributed by atoms with E-state index in [0.717, 1.165) is 27.0 Å². The summed E-state index contributed by atoms with van der Waals surface area (Å²) in [6.07, 6.45) is 1.02. The summed E-state index contributed by atoms with van der Waals surface area (Å²) < 4.78 is 12.0. The van der Waals surface area contributed by atoms with Crippen LogP contribution < -0.4 is 19.7 Å². The summed E-state index contributed by atoms with van der Waals surface area (Å²) in [6, 6.07) is 9.76. The number of nitrogens with one attached hydrogen (secondary N) is 1. The van der Waals surface area contributed by atoms with Crippen LogP contribution in [0.3, 0.4) is 0 Å². The molecule has 0 fully saturated rings. The van der Waals surface area contributed by atoms with Gasteiger partial charge in [0.2, 0.25) is 0 Å². The molecule has 2 aromatic carbocycles. The van der Waals surface area contributed by atoms with Crippen molar-refractivity contribution in [2.75, 3.05) is 24.4 Å². The number of ether oxygens (including phenoxy) is 2. The molecule has 2 aromatic rings. The van der Waals surface area contributed by atoms with Crippen molar-refractivity contribution in [2.45, 2.75) is 18.8 Å². The SMILES string of the molecule is COc1cc2c3c(c1OC)CC(O)N(c1cccc(Br)c1)C3N=CN2. The van der Waals surface area contributed by atoms with Gasteiger partial charge in [-0.3, -0.25) is 0 Å². The third-order valence-electron chi connectivity index (χ3n) is 4.58. The van der Waals surface area contributed by atoms with Gasteiger partial charge in [0.25, 0.3) is 0 Å². The van der Waals surface area contributed by atoms with Crippen LogP contribution in [0.5, 0.6) is 11.5 Å². The molecule has 0 amide bonds. The normalized spacial score (nSPS) is 20.7. The van der Waals surface area contributed by atoms with Crippen LogP contribution in [0.15, 0.2) is 39.8 Å². The molecule has 130 valence electrons. The maximum Gasteiger partial charge on any atom is 0.164 e. The number of hydrogen-bond donors (Lipinski definition) is 2. The summed E-state index contributed by atoms with van der Waals surface area (Å²) in [4.78, 5) is 6.50. The van der Waals surface area contributed by atoms with E-state index in [0.29, 0.717) is 17.9 Å². The molecule has 0 aromatic heterocycles. The van der Waals surface area contributed by atoms with E-state index in [1.165, 1.54) is 0 Å². The van der Waals surface area contributed by atoms with Gasteiger partial charge in [0.05, 0.1) is 26.2 Å². The predicted molar refractivity (Wildman–Crippen MR) is 101 cm³/mol. The lowest BCUT2D eigenvalue weighted by atomic mass is 9.91. The first kappa shape index (κ1) is 16.2. The van der Waals surface area contributed by atoms with Crippen molar-refractivity contribution < 1.29 is 14.6 Å². The Morgan fingerprint density at radius 3 is 2.84 bits per heavy atom. The van der Waals surface area contributed by atoms with Crippen molar-refractivity contribution in [1.29, 1.82) is 0 Å². The minimum Gasteiger partial charge on any atom is -0.493 e. The van der Waals surface area contributed by atoms with Crippen LogP contribution >= 0.6 is 15.9 Å². The molecule has 4 rings (SSSR count).